The molecular weight excluding hydrogens is 222 g/mol. The molecule has 3 nitrogen and oxygen atoms in total. The van der Waals surface area contributed by atoms with Gasteiger partial charge >= 0.3 is 5.97 Å². The van der Waals surface area contributed by atoms with Gasteiger partial charge in [0.05, 0.1) is 5.56 Å². The quantitative estimate of drug-likeness (QED) is 0.889. The van der Waals surface area contributed by atoms with Gasteiger partial charge in [-0.1, -0.05) is 6.07 Å². The van der Waals surface area contributed by atoms with Crippen LogP contribution in [0.1, 0.15) is 15.2 Å². The van der Waals surface area contributed by atoms with Crippen LogP contribution >= 0.6 is 11.3 Å². The van der Waals surface area contributed by atoms with E-state index in [1.165, 1.54) is 4.88 Å². The lowest BCUT2D eigenvalue weighted by Crippen LogP contribution is -2.09. The molecule has 1 N–H and O–H groups in total. The predicted molar refractivity (Wildman–Crippen MR) is 66.2 cm³/mol. The summed E-state index contributed by atoms with van der Waals surface area (Å²) in [7, 11) is 4.00. The summed E-state index contributed by atoms with van der Waals surface area (Å²) in [6.07, 6.45) is 0. The number of carboxylic acids is 1. The highest BCUT2D eigenvalue weighted by molar-refractivity contribution is 7.19. The number of nitrogens with zero attached hydrogens (tertiary/aromatic N) is 1. The SMILES string of the molecule is CN(C)Cc1cc2c(C(=O)O)cccc2s1. The molecule has 0 unspecified atom stereocenters. The molecule has 0 aliphatic heterocycles. The molecule has 0 saturated heterocycles. The van der Waals surface area contributed by atoms with Crippen LogP contribution in [0, 0.1) is 0 Å². The zero-order chi connectivity index (χ0) is 11.7. The molecule has 16 heavy (non-hydrogen) atoms. The van der Waals surface area contributed by atoms with Gasteiger partial charge in [-0.15, -0.1) is 11.3 Å². The number of rotatable bonds is 3. The third-order valence-corrected chi connectivity index (χ3v) is 3.40. The van der Waals surface area contributed by atoms with E-state index >= 15 is 0 Å². The van der Waals surface area contributed by atoms with Crippen molar-refractivity contribution in [2.75, 3.05) is 14.1 Å². The van der Waals surface area contributed by atoms with Crippen molar-refractivity contribution in [3.8, 4) is 0 Å². The first kappa shape index (κ1) is 11.1. The maximum atomic E-state index is 11.0. The van der Waals surface area contributed by atoms with E-state index in [9.17, 15) is 4.79 Å². The third kappa shape index (κ3) is 2.08. The molecular formula is C12H13NO2S. The Bertz CT molecular complexity index is 531. The first-order chi connectivity index (χ1) is 7.58. The van der Waals surface area contributed by atoms with Crippen LogP contribution in [0.5, 0.6) is 0 Å². The molecule has 0 saturated carbocycles. The maximum absolute atomic E-state index is 11.0. The van der Waals surface area contributed by atoms with Gasteiger partial charge in [0, 0.05) is 21.5 Å². The largest absolute Gasteiger partial charge is 0.478 e. The number of fused-ring (bicyclic) bond motifs is 1. The van der Waals surface area contributed by atoms with E-state index in [2.05, 4.69) is 4.90 Å². The first-order valence-electron chi connectivity index (χ1n) is 4.97. The third-order valence-electron chi connectivity index (χ3n) is 2.31. The Kier molecular flexibility index (Phi) is 2.94. The fourth-order valence-corrected chi connectivity index (χ4v) is 2.90. The summed E-state index contributed by atoms with van der Waals surface area (Å²) in [6.45, 7) is 0.846. The average molecular weight is 235 g/mol. The number of benzene rings is 1. The average Bonchev–Trinajstić information content (AvgIpc) is 2.57. The number of hydrogen-bond acceptors (Lipinski definition) is 3. The Morgan fingerprint density at radius 3 is 2.81 bits per heavy atom. The Morgan fingerprint density at radius 2 is 2.19 bits per heavy atom. The van der Waals surface area contributed by atoms with E-state index in [0.29, 0.717) is 5.56 Å². The minimum absolute atomic E-state index is 0.388. The van der Waals surface area contributed by atoms with Crippen LogP contribution in [-0.4, -0.2) is 30.1 Å². The Morgan fingerprint density at radius 1 is 1.44 bits per heavy atom. The molecule has 0 aliphatic carbocycles. The minimum Gasteiger partial charge on any atom is -0.478 e. The van der Waals surface area contributed by atoms with Gasteiger partial charge < -0.3 is 10.0 Å². The van der Waals surface area contributed by atoms with E-state index in [-0.39, 0.29) is 0 Å². The van der Waals surface area contributed by atoms with Crippen molar-refractivity contribution in [1.29, 1.82) is 0 Å². The monoisotopic (exact) mass is 235 g/mol. The Labute approximate surface area is 97.9 Å². The van der Waals surface area contributed by atoms with Crippen LogP contribution in [-0.2, 0) is 6.54 Å². The number of hydrogen-bond donors (Lipinski definition) is 1. The van der Waals surface area contributed by atoms with Crippen molar-refractivity contribution in [1.82, 2.24) is 4.90 Å². The normalized spacial score (nSPS) is 11.2. The summed E-state index contributed by atoms with van der Waals surface area (Å²) in [5.74, 6) is -0.861. The summed E-state index contributed by atoms with van der Waals surface area (Å²) >= 11 is 1.65. The molecule has 0 bridgehead atoms. The fourth-order valence-electron chi connectivity index (χ4n) is 1.69. The van der Waals surface area contributed by atoms with Crippen LogP contribution in [0.3, 0.4) is 0 Å². The zero-order valence-corrected chi connectivity index (χ0v) is 10.0. The maximum Gasteiger partial charge on any atom is 0.336 e. The fraction of sp³-hybridized carbons (Fsp3) is 0.250. The van der Waals surface area contributed by atoms with E-state index in [1.807, 2.05) is 26.2 Å². The molecule has 1 aromatic carbocycles. The predicted octanol–water partition coefficient (Wildman–Crippen LogP) is 2.66. The van der Waals surface area contributed by atoms with Crippen LogP contribution < -0.4 is 0 Å². The van der Waals surface area contributed by atoms with E-state index in [0.717, 1.165) is 16.6 Å². The topological polar surface area (TPSA) is 40.5 Å². The molecule has 84 valence electrons. The summed E-state index contributed by atoms with van der Waals surface area (Å²) in [5, 5.41) is 9.91. The molecule has 2 aromatic rings. The molecule has 0 radical (unpaired) electrons. The standard InChI is InChI=1S/C12H13NO2S/c1-13(2)7-8-6-10-9(12(14)15)4-3-5-11(10)16-8/h3-6H,7H2,1-2H3,(H,14,15). The molecule has 4 heteroatoms. The smallest absolute Gasteiger partial charge is 0.336 e. The summed E-state index contributed by atoms with van der Waals surface area (Å²) in [5.41, 5.74) is 0.388. The molecule has 0 fully saturated rings. The van der Waals surface area contributed by atoms with Gasteiger partial charge in [-0.25, -0.2) is 4.79 Å². The van der Waals surface area contributed by atoms with E-state index in [4.69, 9.17) is 5.11 Å². The van der Waals surface area contributed by atoms with E-state index in [1.54, 1.807) is 23.5 Å². The zero-order valence-electron chi connectivity index (χ0n) is 9.23. The van der Waals surface area contributed by atoms with Crippen molar-refractivity contribution in [3.05, 3.63) is 34.7 Å². The molecule has 0 aliphatic rings. The van der Waals surface area contributed by atoms with Crippen LogP contribution in [0.25, 0.3) is 10.1 Å². The molecule has 0 spiro atoms. The highest BCUT2D eigenvalue weighted by Gasteiger charge is 2.11. The first-order valence-corrected chi connectivity index (χ1v) is 5.79. The van der Waals surface area contributed by atoms with Crippen LogP contribution in [0.2, 0.25) is 0 Å². The molecule has 0 atom stereocenters. The molecule has 0 amide bonds. The second-order valence-electron chi connectivity index (χ2n) is 3.97. The van der Waals surface area contributed by atoms with Gasteiger partial charge in [-0.05, 0) is 32.3 Å². The van der Waals surface area contributed by atoms with Gasteiger partial charge in [0.15, 0.2) is 0 Å². The van der Waals surface area contributed by atoms with Gasteiger partial charge in [0.25, 0.3) is 0 Å². The van der Waals surface area contributed by atoms with Crippen LogP contribution in [0.4, 0.5) is 0 Å². The Hall–Kier alpha value is -1.39. The minimum atomic E-state index is -0.861. The second-order valence-corrected chi connectivity index (χ2v) is 5.14. The van der Waals surface area contributed by atoms with Gasteiger partial charge in [-0.2, -0.15) is 0 Å². The van der Waals surface area contributed by atoms with Crippen molar-refractivity contribution in [2.45, 2.75) is 6.54 Å². The summed E-state index contributed by atoms with van der Waals surface area (Å²) < 4.78 is 1.04. The van der Waals surface area contributed by atoms with Crippen LogP contribution in [0.15, 0.2) is 24.3 Å². The van der Waals surface area contributed by atoms with Crippen molar-refractivity contribution in [3.63, 3.8) is 0 Å². The van der Waals surface area contributed by atoms with Crippen molar-refractivity contribution >= 4 is 27.4 Å². The van der Waals surface area contributed by atoms with Gasteiger partial charge in [0.1, 0.15) is 0 Å². The molecule has 2 rings (SSSR count). The van der Waals surface area contributed by atoms with Gasteiger partial charge in [-0.3, -0.25) is 0 Å². The lowest BCUT2D eigenvalue weighted by molar-refractivity contribution is 0.0699. The van der Waals surface area contributed by atoms with Crippen molar-refractivity contribution < 1.29 is 9.90 Å². The summed E-state index contributed by atoms with van der Waals surface area (Å²) in [4.78, 5) is 14.3. The lowest BCUT2D eigenvalue weighted by atomic mass is 10.1. The molecule has 1 heterocycles. The number of carbonyl (C=O) groups is 1. The molecule has 1 aromatic heterocycles. The number of aromatic carboxylic acids is 1. The Balaban J connectivity index is 2.52. The van der Waals surface area contributed by atoms with Gasteiger partial charge in [0.2, 0.25) is 0 Å². The van der Waals surface area contributed by atoms with Crippen molar-refractivity contribution in [2.24, 2.45) is 0 Å². The lowest BCUT2D eigenvalue weighted by Gasteiger charge is -2.05. The summed E-state index contributed by atoms with van der Waals surface area (Å²) in [6, 6.07) is 7.38. The second kappa shape index (κ2) is 4.23. The highest BCUT2D eigenvalue weighted by atomic mass is 32.1. The van der Waals surface area contributed by atoms with E-state index < -0.39 is 5.97 Å². The number of carboxylic acid groups (broad SMARTS) is 1. The number of thiophene rings is 1. The highest BCUT2D eigenvalue weighted by Crippen LogP contribution is 2.28.